The standard InChI is InChI=1S/C15H16F2N2/c1-18-12-4-6-13(7-5-12)19(2)10-11-3-8-14(16)15(17)9-11/h3-9,18H,10H2,1-2H3. The lowest BCUT2D eigenvalue weighted by molar-refractivity contribution is 0.507. The largest absolute Gasteiger partial charge is 0.388 e. The van der Waals surface area contributed by atoms with Gasteiger partial charge in [-0.15, -0.1) is 0 Å². The van der Waals surface area contributed by atoms with Gasteiger partial charge in [-0.2, -0.15) is 0 Å². The second kappa shape index (κ2) is 5.69. The van der Waals surface area contributed by atoms with Gasteiger partial charge < -0.3 is 10.2 Å². The molecule has 0 aromatic heterocycles. The zero-order valence-electron chi connectivity index (χ0n) is 11.0. The third-order valence-electron chi connectivity index (χ3n) is 3.00. The van der Waals surface area contributed by atoms with Gasteiger partial charge in [-0.3, -0.25) is 0 Å². The van der Waals surface area contributed by atoms with Crippen LogP contribution in [-0.4, -0.2) is 14.1 Å². The van der Waals surface area contributed by atoms with Crippen molar-refractivity contribution in [1.29, 1.82) is 0 Å². The van der Waals surface area contributed by atoms with Crippen LogP contribution in [0.3, 0.4) is 0 Å². The first-order valence-electron chi connectivity index (χ1n) is 6.03. The zero-order valence-corrected chi connectivity index (χ0v) is 11.0. The lowest BCUT2D eigenvalue weighted by atomic mass is 10.2. The molecule has 0 aliphatic rings. The Bertz CT molecular complexity index is 553. The third-order valence-corrected chi connectivity index (χ3v) is 3.00. The highest BCUT2D eigenvalue weighted by Gasteiger charge is 2.06. The summed E-state index contributed by atoms with van der Waals surface area (Å²) in [5.74, 6) is -1.62. The minimum absolute atomic E-state index is 0.524. The number of nitrogens with zero attached hydrogens (tertiary/aromatic N) is 1. The number of hydrogen-bond acceptors (Lipinski definition) is 2. The Morgan fingerprint density at radius 2 is 1.68 bits per heavy atom. The van der Waals surface area contributed by atoms with Crippen molar-refractivity contribution in [2.24, 2.45) is 0 Å². The number of benzene rings is 2. The van der Waals surface area contributed by atoms with Gasteiger partial charge >= 0.3 is 0 Å². The molecule has 2 aromatic rings. The van der Waals surface area contributed by atoms with Crippen molar-refractivity contribution in [2.45, 2.75) is 6.54 Å². The quantitative estimate of drug-likeness (QED) is 0.905. The van der Waals surface area contributed by atoms with Crippen LogP contribution >= 0.6 is 0 Å². The molecule has 2 nitrogen and oxygen atoms in total. The lowest BCUT2D eigenvalue weighted by Crippen LogP contribution is -2.16. The Kier molecular flexibility index (Phi) is 4.00. The van der Waals surface area contributed by atoms with E-state index in [1.165, 1.54) is 6.07 Å². The Hall–Kier alpha value is -2.10. The number of hydrogen-bond donors (Lipinski definition) is 1. The molecule has 0 aliphatic carbocycles. The summed E-state index contributed by atoms with van der Waals surface area (Å²) in [5, 5.41) is 3.05. The predicted octanol–water partition coefficient (Wildman–Crippen LogP) is 3.64. The van der Waals surface area contributed by atoms with Crippen LogP contribution in [0, 0.1) is 11.6 Å². The summed E-state index contributed by atoms with van der Waals surface area (Å²) in [6.45, 7) is 0.524. The van der Waals surface area contributed by atoms with Gasteiger partial charge in [0.1, 0.15) is 0 Å². The summed E-state index contributed by atoms with van der Waals surface area (Å²) in [7, 11) is 3.77. The van der Waals surface area contributed by atoms with Crippen molar-refractivity contribution in [3.8, 4) is 0 Å². The molecule has 0 fully saturated rings. The molecule has 0 saturated carbocycles. The Morgan fingerprint density at radius 3 is 2.26 bits per heavy atom. The van der Waals surface area contributed by atoms with E-state index in [2.05, 4.69) is 5.32 Å². The molecule has 0 radical (unpaired) electrons. The maximum absolute atomic E-state index is 13.1. The fourth-order valence-electron chi connectivity index (χ4n) is 1.89. The Balaban J connectivity index is 2.10. The number of halogens is 2. The van der Waals surface area contributed by atoms with Gasteiger partial charge in [-0.1, -0.05) is 6.07 Å². The van der Waals surface area contributed by atoms with Crippen LogP contribution in [0.5, 0.6) is 0 Å². The van der Waals surface area contributed by atoms with Gasteiger partial charge in [0.25, 0.3) is 0 Å². The average Bonchev–Trinajstić information content (AvgIpc) is 2.43. The first-order valence-corrected chi connectivity index (χ1v) is 6.03. The number of nitrogens with one attached hydrogen (secondary N) is 1. The highest BCUT2D eigenvalue weighted by molar-refractivity contribution is 5.54. The zero-order chi connectivity index (χ0) is 13.8. The molecule has 100 valence electrons. The van der Waals surface area contributed by atoms with Crippen LogP contribution in [-0.2, 0) is 6.54 Å². The van der Waals surface area contributed by atoms with Crippen molar-refractivity contribution >= 4 is 11.4 Å². The normalized spacial score (nSPS) is 10.3. The van der Waals surface area contributed by atoms with Crippen molar-refractivity contribution in [3.63, 3.8) is 0 Å². The first kappa shape index (κ1) is 13.3. The fraction of sp³-hybridized carbons (Fsp3) is 0.200. The monoisotopic (exact) mass is 262 g/mol. The lowest BCUT2D eigenvalue weighted by Gasteiger charge is -2.19. The molecule has 2 rings (SSSR count). The SMILES string of the molecule is CNc1ccc(N(C)Cc2ccc(F)c(F)c2)cc1. The first-order chi connectivity index (χ1) is 9.10. The second-order valence-corrected chi connectivity index (χ2v) is 4.40. The van der Waals surface area contributed by atoms with Gasteiger partial charge in [0.05, 0.1) is 0 Å². The molecule has 0 spiro atoms. The van der Waals surface area contributed by atoms with E-state index in [0.29, 0.717) is 6.54 Å². The number of rotatable bonds is 4. The predicted molar refractivity (Wildman–Crippen MR) is 74.5 cm³/mol. The minimum Gasteiger partial charge on any atom is -0.388 e. The molecule has 0 heterocycles. The van der Waals surface area contributed by atoms with E-state index in [4.69, 9.17) is 0 Å². The molecule has 0 saturated heterocycles. The summed E-state index contributed by atoms with van der Waals surface area (Å²) in [6, 6.07) is 11.9. The molecule has 0 atom stereocenters. The van der Waals surface area contributed by atoms with Crippen molar-refractivity contribution in [1.82, 2.24) is 0 Å². The molecular formula is C15H16F2N2. The highest BCUT2D eigenvalue weighted by Crippen LogP contribution is 2.19. The van der Waals surface area contributed by atoms with E-state index in [-0.39, 0.29) is 0 Å². The summed E-state index contributed by atoms with van der Waals surface area (Å²) in [6.07, 6.45) is 0. The maximum atomic E-state index is 13.1. The van der Waals surface area contributed by atoms with Gasteiger partial charge in [0, 0.05) is 32.0 Å². The summed E-state index contributed by atoms with van der Waals surface area (Å²) < 4.78 is 26.0. The van der Waals surface area contributed by atoms with E-state index in [1.54, 1.807) is 6.07 Å². The molecule has 0 bridgehead atoms. The highest BCUT2D eigenvalue weighted by atomic mass is 19.2. The average molecular weight is 262 g/mol. The van der Waals surface area contributed by atoms with Crippen LogP contribution in [0.25, 0.3) is 0 Å². The Morgan fingerprint density at radius 1 is 1.00 bits per heavy atom. The van der Waals surface area contributed by atoms with Gasteiger partial charge in [-0.25, -0.2) is 8.78 Å². The molecule has 0 unspecified atom stereocenters. The molecular weight excluding hydrogens is 246 g/mol. The topological polar surface area (TPSA) is 15.3 Å². The Labute approximate surface area is 111 Å². The smallest absolute Gasteiger partial charge is 0.159 e. The van der Waals surface area contributed by atoms with E-state index >= 15 is 0 Å². The van der Waals surface area contributed by atoms with Crippen molar-refractivity contribution in [3.05, 3.63) is 59.7 Å². The fourth-order valence-corrected chi connectivity index (χ4v) is 1.89. The van der Waals surface area contributed by atoms with Gasteiger partial charge in [0.2, 0.25) is 0 Å². The van der Waals surface area contributed by atoms with Crippen LogP contribution < -0.4 is 10.2 Å². The molecule has 2 aromatic carbocycles. The summed E-state index contributed by atoms with van der Waals surface area (Å²) >= 11 is 0. The summed E-state index contributed by atoms with van der Waals surface area (Å²) in [4.78, 5) is 1.98. The molecule has 0 amide bonds. The van der Waals surface area contributed by atoms with Gasteiger partial charge in [-0.05, 0) is 42.0 Å². The third kappa shape index (κ3) is 3.22. The second-order valence-electron chi connectivity index (χ2n) is 4.40. The van der Waals surface area contributed by atoms with Crippen molar-refractivity contribution in [2.75, 3.05) is 24.3 Å². The summed E-state index contributed by atoms with van der Waals surface area (Å²) in [5.41, 5.74) is 2.79. The van der Waals surface area contributed by atoms with Crippen LogP contribution in [0.15, 0.2) is 42.5 Å². The van der Waals surface area contributed by atoms with E-state index in [9.17, 15) is 8.78 Å². The van der Waals surface area contributed by atoms with Crippen molar-refractivity contribution < 1.29 is 8.78 Å². The van der Waals surface area contributed by atoms with Gasteiger partial charge in [0.15, 0.2) is 11.6 Å². The van der Waals surface area contributed by atoms with Crippen LogP contribution in [0.4, 0.5) is 20.2 Å². The molecule has 0 aliphatic heterocycles. The molecule has 1 N–H and O–H groups in total. The number of anilines is 2. The van der Waals surface area contributed by atoms with Crippen LogP contribution in [0.2, 0.25) is 0 Å². The molecule has 4 heteroatoms. The minimum atomic E-state index is -0.815. The molecule has 19 heavy (non-hydrogen) atoms. The van der Waals surface area contributed by atoms with E-state index < -0.39 is 11.6 Å². The van der Waals surface area contributed by atoms with Crippen LogP contribution in [0.1, 0.15) is 5.56 Å². The van der Waals surface area contributed by atoms with E-state index in [0.717, 1.165) is 23.0 Å². The maximum Gasteiger partial charge on any atom is 0.159 e. The van der Waals surface area contributed by atoms with E-state index in [1.807, 2.05) is 43.3 Å².